The molecule has 3 unspecified atom stereocenters. The summed E-state index contributed by atoms with van der Waals surface area (Å²) in [6.45, 7) is 0.737. The van der Waals surface area contributed by atoms with Gasteiger partial charge in [0.2, 0.25) is 5.91 Å². The van der Waals surface area contributed by atoms with E-state index in [1.165, 1.54) is 12.8 Å². The molecule has 4 heteroatoms. The van der Waals surface area contributed by atoms with Gasteiger partial charge in [-0.2, -0.15) is 0 Å². The first-order chi connectivity index (χ1) is 7.27. The maximum Gasteiger partial charge on any atom is 0.249 e. The molecule has 0 spiro atoms. The van der Waals surface area contributed by atoms with Crippen molar-refractivity contribution < 1.29 is 9.53 Å². The molecule has 1 saturated heterocycles. The lowest BCUT2D eigenvalue weighted by atomic mass is 9.95. The Morgan fingerprint density at radius 3 is 2.67 bits per heavy atom. The number of ether oxygens (including phenoxy) is 1. The molecule has 2 rings (SSSR count). The number of amides is 1. The maximum absolute atomic E-state index is 11.8. The minimum atomic E-state index is -0.188. The lowest BCUT2D eigenvalue weighted by Gasteiger charge is -2.29. The van der Waals surface area contributed by atoms with Gasteiger partial charge in [-0.05, 0) is 25.7 Å². The minimum absolute atomic E-state index is 0.0869. The second-order valence-corrected chi connectivity index (χ2v) is 5.59. The van der Waals surface area contributed by atoms with E-state index in [4.69, 9.17) is 4.74 Å². The SMILES string of the molecule is O=C(NC1CCCCC1Br)C1CCCO1. The molecular weight excluding hydrogens is 258 g/mol. The first-order valence-electron chi connectivity index (χ1n) is 5.83. The van der Waals surface area contributed by atoms with Crippen molar-refractivity contribution in [1.82, 2.24) is 5.32 Å². The van der Waals surface area contributed by atoms with Crippen LogP contribution >= 0.6 is 15.9 Å². The molecule has 1 amide bonds. The van der Waals surface area contributed by atoms with Crippen molar-refractivity contribution in [1.29, 1.82) is 0 Å². The zero-order chi connectivity index (χ0) is 10.7. The molecule has 0 aromatic carbocycles. The number of alkyl halides is 1. The molecular formula is C11H18BrNO2. The fraction of sp³-hybridized carbons (Fsp3) is 0.909. The molecule has 0 radical (unpaired) electrons. The Bertz CT molecular complexity index is 229. The third-order valence-electron chi connectivity index (χ3n) is 3.23. The lowest BCUT2D eigenvalue weighted by molar-refractivity contribution is -0.130. The number of hydrogen-bond acceptors (Lipinski definition) is 2. The Morgan fingerprint density at radius 2 is 2.00 bits per heavy atom. The van der Waals surface area contributed by atoms with Crippen molar-refractivity contribution >= 4 is 21.8 Å². The first-order valence-corrected chi connectivity index (χ1v) is 6.75. The zero-order valence-corrected chi connectivity index (χ0v) is 10.5. The summed E-state index contributed by atoms with van der Waals surface area (Å²) in [6.07, 6.45) is 6.45. The Hall–Kier alpha value is -0.0900. The van der Waals surface area contributed by atoms with Gasteiger partial charge in [-0.15, -0.1) is 0 Å². The van der Waals surface area contributed by atoms with Gasteiger partial charge in [-0.1, -0.05) is 28.8 Å². The van der Waals surface area contributed by atoms with Crippen molar-refractivity contribution in [2.24, 2.45) is 0 Å². The van der Waals surface area contributed by atoms with Gasteiger partial charge in [0.15, 0.2) is 0 Å². The number of nitrogens with one attached hydrogen (secondary N) is 1. The Balaban J connectivity index is 1.81. The molecule has 0 aromatic heterocycles. The molecule has 3 atom stereocenters. The number of carbonyl (C=O) groups excluding carboxylic acids is 1. The molecule has 0 bridgehead atoms. The molecule has 0 aromatic rings. The molecule has 3 nitrogen and oxygen atoms in total. The van der Waals surface area contributed by atoms with Crippen LogP contribution in [-0.4, -0.2) is 29.5 Å². The quantitative estimate of drug-likeness (QED) is 0.783. The average Bonchev–Trinajstić information content (AvgIpc) is 2.74. The smallest absolute Gasteiger partial charge is 0.249 e. The summed E-state index contributed by atoms with van der Waals surface area (Å²) in [6, 6.07) is 0.301. The molecule has 2 fully saturated rings. The lowest BCUT2D eigenvalue weighted by Crippen LogP contribution is -2.46. The summed E-state index contributed by atoms with van der Waals surface area (Å²) < 4.78 is 5.36. The van der Waals surface area contributed by atoms with E-state index in [0.29, 0.717) is 10.9 Å². The van der Waals surface area contributed by atoms with Gasteiger partial charge in [-0.3, -0.25) is 4.79 Å². The standard InChI is InChI=1S/C11H18BrNO2/c12-8-4-1-2-5-9(8)13-11(14)10-6-3-7-15-10/h8-10H,1-7H2,(H,13,14). The van der Waals surface area contributed by atoms with Crippen molar-refractivity contribution in [2.45, 2.75) is 55.5 Å². The number of carbonyl (C=O) groups is 1. The van der Waals surface area contributed by atoms with E-state index in [2.05, 4.69) is 21.2 Å². The van der Waals surface area contributed by atoms with Crippen LogP contribution < -0.4 is 5.32 Å². The van der Waals surface area contributed by atoms with Gasteiger partial charge >= 0.3 is 0 Å². The topological polar surface area (TPSA) is 38.3 Å². The van der Waals surface area contributed by atoms with E-state index >= 15 is 0 Å². The van der Waals surface area contributed by atoms with Gasteiger partial charge in [0.1, 0.15) is 6.10 Å². The summed E-state index contributed by atoms with van der Waals surface area (Å²) in [5.41, 5.74) is 0. The molecule has 86 valence electrons. The Kier molecular flexibility index (Phi) is 4.03. The van der Waals surface area contributed by atoms with Crippen LogP contribution in [0.25, 0.3) is 0 Å². The molecule has 1 heterocycles. The molecule has 1 aliphatic carbocycles. The van der Waals surface area contributed by atoms with Gasteiger partial charge in [-0.25, -0.2) is 0 Å². The van der Waals surface area contributed by atoms with Crippen LogP contribution in [0.2, 0.25) is 0 Å². The molecule has 1 aliphatic heterocycles. The summed E-state index contributed by atoms with van der Waals surface area (Å²) in [5, 5.41) is 3.10. The summed E-state index contributed by atoms with van der Waals surface area (Å²) in [7, 11) is 0. The van der Waals surface area contributed by atoms with Crippen LogP contribution in [0.3, 0.4) is 0 Å². The largest absolute Gasteiger partial charge is 0.368 e. The molecule has 15 heavy (non-hydrogen) atoms. The van der Waals surface area contributed by atoms with Crippen molar-refractivity contribution in [2.75, 3.05) is 6.61 Å². The summed E-state index contributed by atoms with van der Waals surface area (Å²) >= 11 is 3.64. The molecule has 1 saturated carbocycles. The van der Waals surface area contributed by atoms with Crippen LogP contribution in [0.4, 0.5) is 0 Å². The van der Waals surface area contributed by atoms with Crippen LogP contribution in [0.5, 0.6) is 0 Å². The van der Waals surface area contributed by atoms with Crippen LogP contribution in [0.15, 0.2) is 0 Å². The van der Waals surface area contributed by atoms with Crippen LogP contribution in [0, 0.1) is 0 Å². The van der Waals surface area contributed by atoms with Gasteiger partial charge < -0.3 is 10.1 Å². The second kappa shape index (κ2) is 5.30. The van der Waals surface area contributed by atoms with Crippen molar-refractivity contribution in [3.05, 3.63) is 0 Å². The van der Waals surface area contributed by atoms with E-state index in [-0.39, 0.29) is 12.0 Å². The highest BCUT2D eigenvalue weighted by Crippen LogP contribution is 2.25. The highest BCUT2D eigenvalue weighted by Gasteiger charge is 2.29. The Labute approximate surface area is 99.1 Å². The van der Waals surface area contributed by atoms with E-state index < -0.39 is 0 Å². The second-order valence-electron chi connectivity index (χ2n) is 4.42. The van der Waals surface area contributed by atoms with E-state index in [0.717, 1.165) is 32.3 Å². The fourth-order valence-corrected chi connectivity index (χ4v) is 3.03. The number of halogens is 1. The van der Waals surface area contributed by atoms with Gasteiger partial charge in [0.05, 0.1) is 0 Å². The van der Waals surface area contributed by atoms with Gasteiger partial charge in [0, 0.05) is 17.5 Å². The number of rotatable bonds is 2. The van der Waals surface area contributed by atoms with Crippen LogP contribution in [-0.2, 0) is 9.53 Å². The monoisotopic (exact) mass is 275 g/mol. The average molecular weight is 276 g/mol. The third-order valence-corrected chi connectivity index (χ3v) is 4.33. The summed E-state index contributed by atoms with van der Waals surface area (Å²) in [5.74, 6) is 0.0869. The maximum atomic E-state index is 11.8. The fourth-order valence-electron chi connectivity index (χ4n) is 2.31. The highest BCUT2D eigenvalue weighted by atomic mass is 79.9. The predicted octanol–water partition coefficient (Wildman–Crippen LogP) is 1.99. The minimum Gasteiger partial charge on any atom is -0.368 e. The van der Waals surface area contributed by atoms with E-state index in [1.54, 1.807) is 0 Å². The first kappa shape index (κ1) is 11.4. The van der Waals surface area contributed by atoms with Crippen molar-refractivity contribution in [3.63, 3.8) is 0 Å². The van der Waals surface area contributed by atoms with Crippen LogP contribution in [0.1, 0.15) is 38.5 Å². The predicted molar refractivity (Wildman–Crippen MR) is 62.1 cm³/mol. The number of hydrogen-bond donors (Lipinski definition) is 1. The van der Waals surface area contributed by atoms with E-state index in [9.17, 15) is 4.79 Å². The molecule has 1 N–H and O–H groups in total. The van der Waals surface area contributed by atoms with E-state index in [1.807, 2.05) is 0 Å². The molecule has 2 aliphatic rings. The normalized spacial score (nSPS) is 36.5. The highest BCUT2D eigenvalue weighted by molar-refractivity contribution is 9.09. The van der Waals surface area contributed by atoms with Crippen molar-refractivity contribution in [3.8, 4) is 0 Å². The third kappa shape index (κ3) is 2.94. The zero-order valence-electron chi connectivity index (χ0n) is 8.88. The summed E-state index contributed by atoms with van der Waals surface area (Å²) in [4.78, 5) is 12.2. The Morgan fingerprint density at radius 1 is 1.20 bits per heavy atom. The van der Waals surface area contributed by atoms with Gasteiger partial charge in [0.25, 0.3) is 0 Å².